The molecule has 10 nitrogen and oxygen atoms in total. The summed E-state index contributed by atoms with van der Waals surface area (Å²) in [5.74, 6) is 0.422. The normalized spacial score (nSPS) is 18.1. The topological polar surface area (TPSA) is 114 Å². The Morgan fingerprint density at radius 2 is 1.80 bits per heavy atom. The standard InChI is InChI=1S/C29H39N5O5S2/c1-3-39-19-18-33-14-16-34(17-15-33)41(36,37)23-10-8-22(9-11-23)24(20-21-6-4-5-7-21)27(35)32-29-30-25-12-13-26(38-2)31-28(25)40-29/h8-13,21,24H,3-7,14-20H2,1-2H3,(H,30,32,35). The van der Waals surface area contributed by atoms with E-state index in [1.807, 2.05) is 13.0 Å². The van der Waals surface area contributed by atoms with Crippen molar-refractivity contribution in [3.63, 3.8) is 0 Å². The highest BCUT2D eigenvalue weighted by molar-refractivity contribution is 7.89. The van der Waals surface area contributed by atoms with E-state index in [4.69, 9.17) is 9.47 Å². The average molecular weight is 602 g/mol. The van der Waals surface area contributed by atoms with E-state index in [0.717, 1.165) is 31.4 Å². The Bertz CT molecular complexity index is 1420. The van der Waals surface area contributed by atoms with Crippen LogP contribution in [0.2, 0.25) is 0 Å². The smallest absolute Gasteiger partial charge is 0.243 e. The van der Waals surface area contributed by atoms with Crippen molar-refractivity contribution in [1.29, 1.82) is 0 Å². The molecule has 1 amide bonds. The molecule has 5 rings (SSSR count). The van der Waals surface area contributed by atoms with Crippen LogP contribution in [0.1, 0.15) is 50.5 Å². The summed E-state index contributed by atoms with van der Waals surface area (Å²) in [6.45, 7) is 6.38. The number of anilines is 1. The third-order valence-electron chi connectivity index (χ3n) is 8.04. The molecule has 1 unspecified atom stereocenters. The van der Waals surface area contributed by atoms with Crippen molar-refractivity contribution in [2.75, 3.05) is 58.4 Å². The van der Waals surface area contributed by atoms with Gasteiger partial charge in [-0.25, -0.2) is 18.4 Å². The predicted octanol–water partition coefficient (Wildman–Crippen LogP) is 4.35. The number of hydrogen-bond donors (Lipinski definition) is 1. The van der Waals surface area contributed by atoms with E-state index < -0.39 is 15.9 Å². The molecule has 41 heavy (non-hydrogen) atoms. The van der Waals surface area contributed by atoms with Gasteiger partial charge in [-0.15, -0.1) is 0 Å². The van der Waals surface area contributed by atoms with Gasteiger partial charge < -0.3 is 14.8 Å². The molecule has 1 aliphatic carbocycles. The maximum absolute atomic E-state index is 13.6. The zero-order valence-electron chi connectivity index (χ0n) is 23.8. The third-order valence-corrected chi connectivity index (χ3v) is 10.8. The summed E-state index contributed by atoms with van der Waals surface area (Å²) in [5, 5.41) is 3.50. The fourth-order valence-electron chi connectivity index (χ4n) is 5.69. The minimum Gasteiger partial charge on any atom is -0.481 e. The summed E-state index contributed by atoms with van der Waals surface area (Å²) in [6.07, 6.45) is 5.30. The van der Waals surface area contributed by atoms with Crippen LogP contribution in [0.25, 0.3) is 10.3 Å². The van der Waals surface area contributed by atoms with Gasteiger partial charge >= 0.3 is 0 Å². The molecule has 1 atom stereocenters. The first-order valence-corrected chi connectivity index (χ1v) is 16.7. The minimum atomic E-state index is -3.62. The van der Waals surface area contributed by atoms with E-state index in [2.05, 4.69) is 20.2 Å². The van der Waals surface area contributed by atoms with Gasteiger partial charge in [0.1, 0.15) is 10.3 Å². The minimum absolute atomic E-state index is 0.137. The molecule has 3 heterocycles. The largest absolute Gasteiger partial charge is 0.481 e. The average Bonchev–Trinajstić information content (AvgIpc) is 3.65. The van der Waals surface area contributed by atoms with Crippen molar-refractivity contribution in [2.45, 2.75) is 49.8 Å². The SMILES string of the molecule is CCOCCN1CCN(S(=O)(=O)c2ccc(C(CC3CCCC3)C(=O)Nc3nc4ccc(OC)nc4s3)cc2)CC1. The van der Waals surface area contributed by atoms with Crippen LogP contribution in [-0.4, -0.2) is 86.5 Å². The number of ether oxygens (including phenoxy) is 2. The van der Waals surface area contributed by atoms with Crippen LogP contribution in [0, 0.1) is 5.92 Å². The first-order valence-electron chi connectivity index (χ1n) is 14.4. The molecule has 3 aromatic rings. The third kappa shape index (κ3) is 7.23. The first-order chi connectivity index (χ1) is 19.9. The summed E-state index contributed by atoms with van der Waals surface area (Å²) in [6, 6.07) is 10.5. The number of rotatable bonds is 12. The van der Waals surface area contributed by atoms with Crippen molar-refractivity contribution in [2.24, 2.45) is 5.92 Å². The van der Waals surface area contributed by atoms with Gasteiger partial charge in [0.15, 0.2) is 5.13 Å². The molecule has 1 saturated heterocycles. The van der Waals surface area contributed by atoms with Gasteiger partial charge in [-0.3, -0.25) is 9.69 Å². The van der Waals surface area contributed by atoms with Gasteiger partial charge in [0, 0.05) is 45.4 Å². The Balaban J connectivity index is 1.29. The molecule has 1 N–H and O–H groups in total. The van der Waals surface area contributed by atoms with Crippen molar-refractivity contribution in [3.05, 3.63) is 42.0 Å². The highest BCUT2D eigenvalue weighted by Crippen LogP contribution is 2.36. The van der Waals surface area contributed by atoms with Crippen LogP contribution >= 0.6 is 11.3 Å². The van der Waals surface area contributed by atoms with Crippen LogP contribution in [0.4, 0.5) is 5.13 Å². The molecular weight excluding hydrogens is 562 g/mol. The number of carbonyl (C=O) groups is 1. The molecule has 12 heteroatoms. The fourth-order valence-corrected chi connectivity index (χ4v) is 7.94. The number of nitrogens with one attached hydrogen (secondary N) is 1. The number of sulfonamides is 1. The molecule has 1 aliphatic heterocycles. The number of carbonyl (C=O) groups excluding carboxylic acids is 1. The number of amides is 1. The van der Waals surface area contributed by atoms with Gasteiger partial charge in [-0.1, -0.05) is 49.2 Å². The summed E-state index contributed by atoms with van der Waals surface area (Å²) < 4.78 is 39.0. The number of benzene rings is 1. The number of aromatic nitrogens is 2. The Labute approximate surface area is 246 Å². The summed E-state index contributed by atoms with van der Waals surface area (Å²) in [4.78, 5) is 25.8. The summed E-state index contributed by atoms with van der Waals surface area (Å²) >= 11 is 1.31. The Morgan fingerprint density at radius 3 is 2.49 bits per heavy atom. The monoisotopic (exact) mass is 601 g/mol. The Hall–Kier alpha value is -2.64. The van der Waals surface area contributed by atoms with E-state index in [1.54, 1.807) is 41.7 Å². The van der Waals surface area contributed by atoms with Crippen molar-refractivity contribution >= 4 is 42.7 Å². The number of methoxy groups -OCH3 is 1. The van der Waals surface area contributed by atoms with Crippen molar-refractivity contribution in [3.8, 4) is 5.88 Å². The van der Waals surface area contributed by atoms with Gasteiger partial charge in [0.2, 0.25) is 21.8 Å². The molecular formula is C29H39N5O5S2. The van der Waals surface area contributed by atoms with Crippen molar-refractivity contribution in [1.82, 2.24) is 19.2 Å². The number of thiazole rings is 1. The quantitative estimate of drug-likeness (QED) is 0.305. The van der Waals surface area contributed by atoms with Crippen LogP contribution in [0.5, 0.6) is 5.88 Å². The zero-order chi connectivity index (χ0) is 28.8. The summed E-state index contributed by atoms with van der Waals surface area (Å²) in [7, 11) is -2.05. The van der Waals surface area contributed by atoms with Crippen LogP contribution < -0.4 is 10.1 Å². The van der Waals surface area contributed by atoms with E-state index in [0.29, 0.717) is 66.7 Å². The number of piperazine rings is 1. The Morgan fingerprint density at radius 1 is 1.07 bits per heavy atom. The molecule has 2 aromatic heterocycles. The number of nitrogens with zero attached hydrogens (tertiary/aromatic N) is 4. The summed E-state index contributed by atoms with van der Waals surface area (Å²) in [5.41, 5.74) is 1.51. The van der Waals surface area contributed by atoms with Gasteiger partial charge in [-0.05, 0) is 43.0 Å². The second-order valence-electron chi connectivity index (χ2n) is 10.6. The van der Waals surface area contributed by atoms with E-state index in [-0.39, 0.29) is 10.8 Å². The van der Waals surface area contributed by atoms with Gasteiger partial charge in [0.05, 0.1) is 24.5 Å². The van der Waals surface area contributed by atoms with Crippen molar-refractivity contribution < 1.29 is 22.7 Å². The van der Waals surface area contributed by atoms with Crippen LogP contribution in [-0.2, 0) is 19.6 Å². The molecule has 0 bridgehead atoms. The van der Waals surface area contributed by atoms with Crippen LogP contribution in [0.3, 0.4) is 0 Å². The van der Waals surface area contributed by atoms with Gasteiger partial charge in [-0.2, -0.15) is 4.31 Å². The Kier molecular flexibility index (Phi) is 9.87. The number of pyridine rings is 1. The van der Waals surface area contributed by atoms with Crippen LogP contribution in [0.15, 0.2) is 41.3 Å². The molecule has 222 valence electrons. The van der Waals surface area contributed by atoms with Gasteiger partial charge in [0.25, 0.3) is 0 Å². The van der Waals surface area contributed by atoms with E-state index in [9.17, 15) is 13.2 Å². The maximum Gasteiger partial charge on any atom is 0.243 e. The van der Waals surface area contributed by atoms with E-state index in [1.165, 1.54) is 24.2 Å². The van der Waals surface area contributed by atoms with E-state index >= 15 is 0 Å². The molecule has 1 aromatic carbocycles. The second kappa shape index (κ2) is 13.6. The number of fused-ring (bicyclic) bond motifs is 1. The molecule has 0 radical (unpaired) electrons. The fraction of sp³-hybridized carbons (Fsp3) is 0.552. The molecule has 2 fully saturated rings. The predicted molar refractivity (Wildman–Crippen MR) is 160 cm³/mol. The lowest BCUT2D eigenvalue weighted by molar-refractivity contribution is -0.118. The molecule has 0 spiro atoms. The lowest BCUT2D eigenvalue weighted by Gasteiger charge is -2.33. The number of hydrogen-bond acceptors (Lipinski definition) is 9. The maximum atomic E-state index is 13.6. The first kappa shape index (κ1) is 29.8. The molecule has 2 aliphatic rings. The lowest BCUT2D eigenvalue weighted by atomic mass is 9.87. The highest BCUT2D eigenvalue weighted by Gasteiger charge is 2.30. The lowest BCUT2D eigenvalue weighted by Crippen LogP contribution is -2.49. The molecule has 1 saturated carbocycles. The zero-order valence-corrected chi connectivity index (χ0v) is 25.4. The highest BCUT2D eigenvalue weighted by atomic mass is 32.2. The second-order valence-corrected chi connectivity index (χ2v) is 13.6.